The molecule has 0 radical (unpaired) electrons. The molecule has 8 heteroatoms. The van der Waals surface area contributed by atoms with Crippen LogP contribution in [0.3, 0.4) is 0 Å². The third-order valence-corrected chi connectivity index (χ3v) is 2.57. The fraction of sp³-hybridized carbons (Fsp3) is 0. The third-order valence-electron chi connectivity index (χ3n) is 2.29. The molecule has 2 aromatic rings. The standard InChI is InChI=1S/C11H4ClF2N3O2/c12-7-1-6(13)2-8(14)9(7)17-4-5(3-15)10(18)16-11(17)19/h1-2,4H,(H,16,18,19). The summed E-state index contributed by atoms with van der Waals surface area (Å²) < 4.78 is 27.2. The van der Waals surface area contributed by atoms with Gasteiger partial charge in [0.2, 0.25) is 0 Å². The Morgan fingerprint density at radius 1 is 1.32 bits per heavy atom. The van der Waals surface area contributed by atoms with Gasteiger partial charge in [-0.05, 0) is 6.07 Å². The lowest BCUT2D eigenvalue weighted by Gasteiger charge is -2.08. The van der Waals surface area contributed by atoms with Crippen molar-refractivity contribution < 1.29 is 8.78 Å². The van der Waals surface area contributed by atoms with E-state index in [1.165, 1.54) is 6.07 Å². The van der Waals surface area contributed by atoms with Gasteiger partial charge in [0.15, 0.2) is 5.82 Å². The molecule has 0 spiro atoms. The van der Waals surface area contributed by atoms with E-state index in [0.717, 1.165) is 12.3 Å². The lowest BCUT2D eigenvalue weighted by molar-refractivity contribution is 0.575. The smallest absolute Gasteiger partial charge is 0.273 e. The van der Waals surface area contributed by atoms with E-state index in [4.69, 9.17) is 16.9 Å². The zero-order chi connectivity index (χ0) is 14.2. The van der Waals surface area contributed by atoms with Crippen LogP contribution < -0.4 is 11.2 Å². The molecule has 2 rings (SSSR count). The monoisotopic (exact) mass is 283 g/mol. The number of halogens is 3. The molecular formula is C11H4ClF2N3O2. The molecule has 0 aliphatic carbocycles. The summed E-state index contributed by atoms with van der Waals surface area (Å²) in [6.45, 7) is 0. The van der Waals surface area contributed by atoms with Crippen molar-refractivity contribution in [3.05, 3.63) is 61.4 Å². The minimum Gasteiger partial charge on any atom is -0.273 e. The Kier molecular flexibility index (Phi) is 3.19. The maximum atomic E-state index is 13.7. The molecule has 1 N–H and O–H groups in total. The normalized spacial score (nSPS) is 10.2. The van der Waals surface area contributed by atoms with Gasteiger partial charge >= 0.3 is 5.69 Å². The highest BCUT2D eigenvalue weighted by atomic mass is 35.5. The lowest BCUT2D eigenvalue weighted by atomic mass is 10.2. The van der Waals surface area contributed by atoms with E-state index in [1.54, 1.807) is 0 Å². The maximum absolute atomic E-state index is 13.7. The molecule has 0 aliphatic rings. The number of H-pyrrole nitrogens is 1. The van der Waals surface area contributed by atoms with E-state index in [0.29, 0.717) is 10.6 Å². The predicted octanol–water partition coefficient (Wildman–Crippen LogP) is 1.33. The topological polar surface area (TPSA) is 78.7 Å². The number of aromatic nitrogens is 2. The molecule has 5 nitrogen and oxygen atoms in total. The van der Waals surface area contributed by atoms with Crippen LogP contribution in [0.4, 0.5) is 8.78 Å². The Bertz CT molecular complexity index is 797. The molecule has 0 atom stereocenters. The van der Waals surface area contributed by atoms with Crippen molar-refractivity contribution >= 4 is 11.6 Å². The molecule has 0 aliphatic heterocycles. The van der Waals surface area contributed by atoms with E-state index in [-0.39, 0.29) is 5.02 Å². The average molecular weight is 284 g/mol. The zero-order valence-corrected chi connectivity index (χ0v) is 9.83. The molecule has 96 valence electrons. The summed E-state index contributed by atoms with van der Waals surface area (Å²) in [5.41, 5.74) is -2.74. The summed E-state index contributed by atoms with van der Waals surface area (Å²) in [4.78, 5) is 24.6. The maximum Gasteiger partial charge on any atom is 0.333 e. The van der Waals surface area contributed by atoms with Gasteiger partial charge in [0.1, 0.15) is 23.1 Å². The fourth-order valence-electron chi connectivity index (χ4n) is 1.48. The van der Waals surface area contributed by atoms with Crippen LogP contribution in [0, 0.1) is 23.0 Å². The van der Waals surface area contributed by atoms with Crippen LogP contribution in [0.5, 0.6) is 0 Å². The zero-order valence-electron chi connectivity index (χ0n) is 9.08. The summed E-state index contributed by atoms with van der Waals surface area (Å²) in [6, 6.07) is 2.88. The predicted molar refractivity (Wildman–Crippen MR) is 62.3 cm³/mol. The summed E-state index contributed by atoms with van der Waals surface area (Å²) in [5.74, 6) is -2.01. The molecule has 0 unspecified atom stereocenters. The van der Waals surface area contributed by atoms with Crippen LogP contribution in [0.1, 0.15) is 5.56 Å². The fourth-order valence-corrected chi connectivity index (χ4v) is 1.77. The molecule has 0 saturated carbocycles. The first-order valence-corrected chi connectivity index (χ1v) is 5.23. The van der Waals surface area contributed by atoms with Crippen molar-refractivity contribution in [2.45, 2.75) is 0 Å². The number of hydrogen-bond acceptors (Lipinski definition) is 3. The van der Waals surface area contributed by atoms with Gasteiger partial charge in [0, 0.05) is 12.3 Å². The minimum atomic E-state index is -1.09. The number of nitrogens with zero attached hydrogens (tertiary/aromatic N) is 2. The third kappa shape index (κ3) is 2.26. The first-order valence-electron chi connectivity index (χ1n) is 4.85. The van der Waals surface area contributed by atoms with E-state index in [2.05, 4.69) is 0 Å². The van der Waals surface area contributed by atoms with Crippen LogP contribution in [-0.4, -0.2) is 9.55 Å². The molecule has 1 heterocycles. The largest absolute Gasteiger partial charge is 0.333 e. The van der Waals surface area contributed by atoms with Gasteiger partial charge in [-0.2, -0.15) is 5.26 Å². The Morgan fingerprint density at radius 3 is 2.58 bits per heavy atom. The first-order chi connectivity index (χ1) is 8.93. The summed E-state index contributed by atoms with van der Waals surface area (Å²) >= 11 is 5.66. The van der Waals surface area contributed by atoms with Crippen molar-refractivity contribution in [1.29, 1.82) is 5.26 Å². The molecule has 0 saturated heterocycles. The second kappa shape index (κ2) is 4.66. The van der Waals surface area contributed by atoms with Crippen LogP contribution in [0.25, 0.3) is 5.69 Å². The van der Waals surface area contributed by atoms with E-state index in [9.17, 15) is 18.4 Å². The highest BCUT2D eigenvalue weighted by molar-refractivity contribution is 6.32. The second-order valence-electron chi connectivity index (χ2n) is 3.50. The van der Waals surface area contributed by atoms with Crippen molar-refractivity contribution in [1.82, 2.24) is 9.55 Å². The van der Waals surface area contributed by atoms with Gasteiger partial charge in [-0.1, -0.05) is 11.6 Å². The average Bonchev–Trinajstić information content (AvgIpc) is 2.30. The highest BCUT2D eigenvalue weighted by Gasteiger charge is 2.15. The second-order valence-corrected chi connectivity index (χ2v) is 3.91. The van der Waals surface area contributed by atoms with Crippen LogP contribution in [0.2, 0.25) is 5.02 Å². The van der Waals surface area contributed by atoms with Crippen LogP contribution >= 0.6 is 11.6 Å². The van der Waals surface area contributed by atoms with E-state index >= 15 is 0 Å². The number of hydrogen-bond donors (Lipinski definition) is 1. The van der Waals surface area contributed by atoms with Crippen molar-refractivity contribution in [3.8, 4) is 11.8 Å². The van der Waals surface area contributed by atoms with Gasteiger partial charge in [-0.25, -0.2) is 13.6 Å². The summed E-state index contributed by atoms with van der Waals surface area (Å²) in [7, 11) is 0. The van der Waals surface area contributed by atoms with Crippen molar-refractivity contribution in [2.75, 3.05) is 0 Å². The van der Waals surface area contributed by atoms with E-state index < -0.39 is 34.1 Å². The van der Waals surface area contributed by atoms with Crippen LogP contribution in [0.15, 0.2) is 27.9 Å². The molecule has 19 heavy (non-hydrogen) atoms. The van der Waals surface area contributed by atoms with Crippen molar-refractivity contribution in [2.24, 2.45) is 0 Å². The van der Waals surface area contributed by atoms with E-state index in [1.807, 2.05) is 4.98 Å². The Balaban J connectivity index is 2.84. The van der Waals surface area contributed by atoms with Gasteiger partial charge in [-0.3, -0.25) is 14.3 Å². The number of nitrogens with one attached hydrogen (secondary N) is 1. The number of rotatable bonds is 1. The summed E-state index contributed by atoms with van der Waals surface area (Å²) in [5, 5.41) is 8.33. The lowest BCUT2D eigenvalue weighted by Crippen LogP contribution is -2.30. The molecular weight excluding hydrogens is 280 g/mol. The molecule has 1 aromatic heterocycles. The quantitative estimate of drug-likeness (QED) is 0.857. The van der Waals surface area contributed by atoms with Crippen LogP contribution in [-0.2, 0) is 0 Å². The van der Waals surface area contributed by atoms with Gasteiger partial charge in [0.25, 0.3) is 5.56 Å². The van der Waals surface area contributed by atoms with Gasteiger partial charge in [-0.15, -0.1) is 0 Å². The Morgan fingerprint density at radius 2 is 2.00 bits per heavy atom. The number of nitriles is 1. The number of benzene rings is 1. The molecule has 0 amide bonds. The van der Waals surface area contributed by atoms with Gasteiger partial charge in [0.05, 0.1) is 5.02 Å². The Hall–Kier alpha value is -2.46. The molecule has 1 aromatic carbocycles. The SMILES string of the molecule is N#Cc1cn(-c2c(F)cc(F)cc2Cl)c(=O)[nH]c1=O. The molecule has 0 fully saturated rings. The highest BCUT2D eigenvalue weighted by Crippen LogP contribution is 2.23. The van der Waals surface area contributed by atoms with Gasteiger partial charge < -0.3 is 0 Å². The number of aromatic amines is 1. The Labute approximate surface area is 109 Å². The first kappa shape index (κ1) is 13.0. The summed E-state index contributed by atoms with van der Waals surface area (Å²) in [6.07, 6.45) is 0.837. The minimum absolute atomic E-state index is 0.365. The molecule has 0 bridgehead atoms. The van der Waals surface area contributed by atoms with Crippen molar-refractivity contribution in [3.63, 3.8) is 0 Å².